The van der Waals surface area contributed by atoms with Gasteiger partial charge in [-0.2, -0.15) is 4.31 Å². The number of hydrogen-bond donors (Lipinski definition) is 11. The third kappa shape index (κ3) is 17.6. The maximum atomic E-state index is 12.7. The summed E-state index contributed by atoms with van der Waals surface area (Å²) in [4.78, 5) is 98.3. The van der Waals surface area contributed by atoms with Crippen LogP contribution in [0.25, 0.3) is 11.2 Å². The quantitative estimate of drug-likeness (QED) is 0.0395. The minimum Gasteiger partial charge on any atom is -0.481 e. The maximum absolute atomic E-state index is 12.7. The molecule has 1 aliphatic rings. The van der Waals surface area contributed by atoms with E-state index in [0.717, 1.165) is 29.0 Å². The number of nitrogens with one attached hydrogen (secondary N) is 2. The Balaban J connectivity index is 1.41. The number of rotatable bonds is 27. The third-order valence-corrected chi connectivity index (χ3v) is 12.6. The average Bonchev–Trinajstić information content (AvgIpc) is 3.71. The minimum atomic E-state index is -5.60. The Hall–Kier alpha value is -3.01. The number of thioether (sulfide) groups is 1. The van der Waals surface area contributed by atoms with Crippen molar-refractivity contribution in [2.45, 2.75) is 95.5 Å². The van der Waals surface area contributed by atoms with Crippen LogP contribution in [0.5, 0.6) is 0 Å². The van der Waals surface area contributed by atoms with Crippen molar-refractivity contribution in [2.24, 2.45) is 5.41 Å². The van der Waals surface area contributed by atoms with Crippen LogP contribution >= 0.6 is 35.2 Å². The maximum Gasteiger partial charge on any atom is 0.481 e. The van der Waals surface area contributed by atoms with E-state index >= 15 is 0 Å². The summed E-state index contributed by atoms with van der Waals surface area (Å²) in [5, 5.41) is 44.6. The van der Waals surface area contributed by atoms with E-state index in [1.807, 2.05) is 0 Å². The number of fused-ring (bicyclic) bond motifs is 1. The number of carboxylic acid groups (broad SMARTS) is 1. The largest absolute Gasteiger partial charge is 0.481 e. The third-order valence-electron chi connectivity index (χ3n) is 8.60. The summed E-state index contributed by atoms with van der Waals surface area (Å²) in [5.41, 5.74) is 4.20. The molecule has 27 nitrogen and oxygen atoms in total. The number of carbonyl (C=O) groups is 4. The molecule has 0 aromatic carbocycles. The Bertz CT molecular complexity index is 1970. The molecule has 346 valence electrons. The van der Waals surface area contributed by atoms with Crippen LogP contribution < -0.4 is 16.4 Å². The molecule has 3 heterocycles. The number of unbranched alkanes of at least 4 members (excludes halogenated alkanes) is 2. The van der Waals surface area contributed by atoms with Crippen LogP contribution in [0, 0.1) is 5.41 Å². The number of nitrogens with two attached hydrogens (primary N) is 1. The Morgan fingerprint density at radius 1 is 0.984 bits per heavy atom. The molecular weight excluding hydrogens is 903 g/mol. The predicted molar refractivity (Wildman–Crippen MR) is 208 cm³/mol. The van der Waals surface area contributed by atoms with E-state index in [1.165, 1.54) is 13.8 Å². The number of nitrogen functional groups attached to an aromatic ring is 1. The zero-order valence-corrected chi connectivity index (χ0v) is 36.2. The highest BCUT2D eigenvalue weighted by molar-refractivity contribution is 8.13. The first-order valence-corrected chi connectivity index (χ1v) is 23.8. The summed E-state index contributed by atoms with van der Waals surface area (Å²) >= 11 is 0.908. The van der Waals surface area contributed by atoms with Crippen molar-refractivity contribution >= 4 is 75.1 Å². The number of aromatic nitrogens is 4. The van der Waals surface area contributed by atoms with Crippen LogP contribution in [0.15, 0.2) is 12.7 Å². The lowest BCUT2D eigenvalue weighted by molar-refractivity contribution is -0.137. The molecule has 8 atom stereocenters. The molecule has 1 aliphatic heterocycles. The SMILES string of the molecule is CC(C)(COP(=O)(O)OP(=O)(O)OC[C@H]1O[C@@H](n2cnc3c(N)ncnc32)[C@H](O)[C@@H]1OP(=O)(O)O)[C@@H](O)C(=O)NCCC(=O)NCCSC(=O)CC(O)CCCCCC(=O)O. The minimum absolute atomic E-state index is 0.0185. The lowest BCUT2D eigenvalue weighted by Gasteiger charge is -2.30. The van der Waals surface area contributed by atoms with E-state index in [4.69, 9.17) is 24.6 Å². The highest BCUT2D eigenvalue weighted by Crippen LogP contribution is 2.61. The van der Waals surface area contributed by atoms with Gasteiger partial charge in [0.1, 0.15) is 36.3 Å². The first-order valence-electron chi connectivity index (χ1n) is 18.3. The summed E-state index contributed by atoms with van der Waals surface area (Å²) in [7, 11) is -16.5. The molecule has 0 saturated carbocycles. The highest BCUT2D eigenvalue weighted by Gasteiger charge is 2.50. The molecule has 0 spiro atoms. The van der Waals surface area contributed by atoms with Crippen molar-refractivity contribution in [3.05, 3.63) is 12.7 Å². The molecule has 1 fully saturated rings. The van der Waals surface area contributed by atoms with E-state index in [-0.39, 0.29) is 60.2 Å². The van der Waals surface area contributed by atoms with Crippen LogP contribution in [0.3, 0.4) is 0 Å². The van der Waals surface area contributed by atoms with Crippen molar-refractivity contribution in [1.82, 2.24) is 30.2 Å². The van der Waals surface area contributed by atoms with Gasteiger partial charge in [-0.05, 0) is 12.8 Å². The number of anilines is 1. The molecule has 0 aliphatic carbocycles. The van der Waals surface area contributed by atoms with Gasteiger partial charge in [0.05, 0.1) is 25.6 Å². The van der Waals surface area contributed by atoms with E-state index in [1.54, 1.807) is 0 Å². The van der Waals surface area contributed by atoms with Crippen molar-refractivity contribution in [1.29, 1.82) is 0 Å². The molecule has 12 N–H and O–H groups in total. The summed E-state index contributed by atoms with van der Waals surface area (Å²) in [6.45, 7) is 0.230. The Kier molecular flexibility index (Phi) is 19.8. The van der Waals surface area contributed by atoms with Crippen molar-refractivity contribution in [3.8, 4) is 0 Å². The molecule has 31 heteroatoms. The number of carbonyl (C=O) groups excluding carboxylic acids is 3. The number of phosphoric ester groups is 3. The Labute approximate surface area is 351 Å². The number of ether oxygens (including phenoxy) is 1. The number of hydrogen-bond acceptors (Lipinski definition) is 20. The predicted octanol–water partition coefficient (Wildman–Crippen LogP) is -0.549. The van der Waals surface area contributed by atoms with Gasteiger partial charge in [-0.3, -0.25) is 37.3 Å². The molecule has 61 heavy (non-hydrogen) atoms. The van der Waals surface area contributed by atoms with Gasteiger partial charge >= 0.3 is 29.4 Å². The summed E-state index contributed by atoms with van der Waals surface area (Å²) in [5.74, 6) is -2.27. The Morgan fingerprint density at radius 3 is 2.34 bits per heavy atom. The van der Waals surface area contributed by atoms with Gasteiger partial charge in [0.15, 0.2) is 22.8 Å². The number of carboxylic acids is 1. The lowest BCUT2D eigenvalue weighted by Crippen LogP contribution is -2.46. The average molecular weight is 954 g/mol. The van der Waals surface area contributed by atoms with Gasteiger partial charge < -0.3 is 61.1 Å². The fourth-order valence-electron chi connectivity index (χ4n) is 5.48. The first-order chi connectivity index (χ1) is 28.3. The molecular formula is C30H50N7O20P3S. The van der Waals surface area contributed by atoms with Crippen molar-refractivity contribution in [2.75, 3.05) is 37.8 Å². The van der Waals surface area contributed by atoms with E-state index < -0.39 is 96.6 Å². The second kappa shape index (κ2) is 23.1. The molecule has 3 rings (SSSR count). The van der Waals surface area contributed by atoms with Gasteiger partial charge in [0, 0.05) is 43.5 Å². The number of phosphoric acid groups is 3. The van der Waals surface area contributed by atoms with Gasteiger partial charge in [-0.15, -0.1) is 0 Å². The summed E-state index contributed by atoms with van der Waals surface area (Å²) in [6.07, 6.45) is -6.00. The first kappa shape index (κ1) is 52.3. The Morgan fingerprint density at radius 2 is 1.67 bits per heavy atom. The van der Waals surface area contributed by atoms with Crippen LogP contribution in [0.4, 0.5) is 5.82 Å². The molecule has 2 aromatic heterocycles. The van der Waals surface area contributed by atoms with E-state index in [9.17, 15) is 67.8 Å². The van der Waals surface area contributed by atoms with Gasteiger partial charge in [-0.1, -0.05) is 38.5 Å². The zero-order chi connectivity index (χ0) is 45.8. The van der Waals surface area contributed by atoms with E-state index in [0.29, 0.717) is 25.7 Å². The van der Waals surface area contributed by atoms with Crippen LogP contribution in [-0.4, -0.2) is 145 Å². The normalized spacial score (nSPS) is 21.3. The standard InChI is InChI=1S/C30H50N7O20P3S/c1-30(2,25(44)28(45)33-9-8-19(39)32-10-11-61-21(42)12-17(38)6-4-3-5-7-20(40)41)14-54-60(51,52)57-59(49,50)53-13-18-24(56-58(46,47)48)23(43)29(55-18)37-16-36-22-26(31)34-15-35-27(22)37/h15-18,23-25,29,38,43-44H,3-14H2,1-2H3,(H,32,39)(H,33,45)(H,40,41)(H,49,50)(H,51,52)(H2,31,34,35)(H2,46,47,48)/t17?,18-,23-,24-,25+,29-/m1/s1. The van der Waals surface area contributed by atoms with Crippen LogP contribution in [0.2, 0.25) is 0 Å². The second-order valence-corrected chi connectivity index (χ2v) is 19.5. The van der Waals surface area contributed by atoms with Crippen molar-refractivity contribution < 1.29 is 95.5 Å². The van der Waals surface area contributed by atoms with Gasteiger partial charge in [0.25, 0.3) is 0 Å². The topological polar surface area (TPSA) is 421 Å². The van der Waals surface area contributed by atoms with Crippen molar-refractivity contribution in [3.63, 3.8) is 0 Å². The number of aliphatic hydroxyl groups excluding tert-OH is 3. The molecule has 3 unspecified atom stereocenters. The molecule has 2 amide bonds. The zero-order valence-electron chi connectivity index (χ0n) is 32.7. The number of aliphatic carboxylic acids is 1. The molecule has 2 aromatic rings. The fourth-order valence-corrected chi connectivity index (χ4v) is 9.05. The van der Waals surface area contributed by atoms with Gasteiger partial charge in [-0.25, -0.2) is 28.6 Å². The molecule has 0 radical (unpaired) electrons. The van der Waals surface area contributed by atoms with Gasteiger partial charge in [0.2, 0.25) is 11.8 Å². The molecule has 1 saturated heterocycles. The second-order valence-electron chi connectivity index (χ2n) is 14.1. The lowest BCUT2D eigenvalue weighted by atomic mass is 9.87. The van der Waals surface area contributed by atoms with Crippen LogP contribution in [0.1, 0.15) is 65.0 Å². The fraction of sp³-hybridized carbons (Fsp3) is 0.700. The number of imidazole rings is 1. The monoisotopic (exact) mass is 953 g/mol. The number of aliphatic hydroxyl groups is 3. The van der Waals surface area contributed by atoms with Crippen LogP contribution in [-0.2, 0) is 55.5 Å². The summed E-state index contributed by atoms with van der Waals surface area (Å²) in [6, 6.07) is 0. The number of nitrogens with zero attached hydrogens (tertiary/aromatic N) is 4. The summed E-state index contributed by atoms with van der Waals surface area (Å²) < 4.78 is 62.1. The highest BCUT2D eigenvalue weighted by atomic mass is 32.2. The van der Waals surface area contributed by atoms with E-state index in [2.05, 4.69) is 34.4 Å². The smallest absolute Gasteiger partial charge is 0.481 e. The number of amides is 2. The molecule has 0 bridgehead atoms.